The van der Waals surface area contributed by atoms with Gasteiger partial charge >= 0.3 is 5.51 Å². The molecule has 0 saturated carbocycles. The van der Waals surface area contributed by atoms with Gasteiger partial charge in [-0.1, -0.05) is 0 Å². The second kappa shape index (κ2) is 8.94. The highest BCUT2D eigenvalue weighted by Gasteiger charge is 2.37. The maximum atomic E-state index is 12.6. The van der Waals surface area contributed by atoms with Crippen LogP contribution in [-0.4, -0.2) is 48.8 Å². The van der Waals surface area contributed by atoms with Crippen LogP contribution in [0.4, 0.5) is 24.5 Å². The number of nitrogens with one attached hydrogen (secondary N) is 2. The highest BCUT2D eigenvalue weighted by molar-refractivity contribution is 7.92. The number of rotatable bonds is 7. The van der Waals surface area contributed by atoms with Crippen LogP contribution in [0.15, 0.2) is 47.3 Å². The minimum Gasteiger partial charge on any atom is -0.435 e. The molecule has 0 fully saturated rings. The van der Waals surface area contributed by atoms with E-state index in [1.165, 1.54) is 43.7 Å². The van der Waals surface area contributed by atoms with E-state index in [4.69, 9.17) is 4.42 Å². The molecule has 3 heterocycles. The Hall–Kier alpha value is -3.66. The summed E-state index contributed by atoms with van der Waals surface area (Å²) in [5.74, 6) is -0.154. The predicted octanol–water partition coefficient (Wildman–Crippen LogP) is 3.10. The van der Waals surface area contributed by atoms with Crippen molar-refractivity contribution in [2.45, 2.75) is 12.4 Å². The predicted molar refractivity (Wildman–Crippen MR) is 117 cm³/mol. The van der Waals surface area contributed by atoms with Gasteiger partial charge in [-0.2, -0.15) is 13.2 Å². The highest BCUT2D eigenvalue weighted by atomic mass is 32.2. The van der Waals surface area contributed by atoms with E-state index in [9.17, 15) is 25.8 Å². The van der Waals surface area contributed by atoms with Crippen LogP contribution in [0.2, 0.25) is 0 Å². The summed E-state index contributed by atoms with van der Waals surface area (Å²) in [5, 5.41) is 0. The summed E-state index contributed by atoms with van der Waals surface area (Å²) in [7, 11) is -7.05. The van der Waals surface area contributed by atoms with Gasteiger partial charge in [0.05, 0.1) is 17.6 Å². The number of benzene rings is 1. The van der Waals surface area contributed by atoms with Crippen molar-refractivity contribution in [2.24, 2.45) is 0 Å². The van der Waals surface area contributed by atoms with Crippen molar-refractivity contribution in [1.82, 2.24) is 24.9 Å². The quantitative estimate of drug-likeness (QED) is 0.379. The average molecular weight is 513 g/mol. The molecule has 0 radical (unpaired) electrons. The molecule has 0 aliphatic carbocycles. The van der Waals surface area contributed by atoms with Gasteiger partial charge in [0.2, 0.25) is 26.9 Å². The summed E-state index contributed by atoms with van der Waals surface area (Å²) < 4.78 is 83.2. The first-order valence-electron chi connectivity index (χ1n) is 9.37. The van der Waals surface area contributed by atoms with Crippen LogP contribution in [0.5, 0.6) is 0 Å². The van der Waals surface area contributed by atoms with Gasteiger partial charge in [-0.05, 0) is 31.2 Å². The molecule has 0 amide bonds. The van der Waals surface area contributed by atoms with E-state index in [1.54, 1.807) is 6.07 Å². The standard InChI is InChI=1S/C18H14F3N7O4S2/c1-2-34(30,31)28-12-9-24-16(15-22-6-3-7-23-15)26-14(12)17-25-11-8-10(4-5-13(11)32-17)27-33(29)18(19,20)21/h3-9,27-28H,2H2,1H3. The smallest absolute Gasteiger partial charge is 0.435 e. The molecule has 1 aromatic carbocycles. The number of fused-ring (bicyclic) bond motifs is 1. The van der Waals surface area contributed by atoms with Crippen LogP contribution in [0, 0.1) is 0 Å². The molecule has 0 aliphatic heterocycles. The molecule has 0 spiro atoms. The fourth-order valence-corrected chi connectivity index (χ4v) is 3.72. The molecule has 4 rings (SSSR count). The third-order valence-corrected chi connectivity index (χ3v) is 6.34. The maximum Gasteiger partial charge on any atom is 0.490 e. The fourth-order valence-electron chi connectivity index (χ4n) is 2.64. The van der Waals surface area contributed by atoms with Crippen LogP contribution in [0.1, 0.15) is 6.92 Å². The van der Waals surface area contributed by atoms with Crippen molar-refractivity contribution in [3.63, 3.8) is 0 Å². The Balaban J connectivity index is 1.79. The van der Waals surface area contributed by atoms with Crippen molar-refractivity contribution >= 4 is 43.5 Å². The second-order valence-corrected chi connectivity index (χ2v) is 9.77. The zero-order valence-corrected chi connectivity index (χ0v) is 18.7. The Morgan fingerprint density at radius 2 is 1.82 bits per heavy atom. The molecule has 178 valence electrons. The number of sulfonamides is 1. The molecule has 3 aromatic heterocycles. The van der Waals surface area contributed by atoms with Crippen LogP contribution >= 0.6 is 0 Å². The van der Waals surface area contributed by atoms with Crippen LogP contribution in [-0.2, 0) is 21.0 Å². The lowest BCUT2D eigenvalue weighted by molar-refractivity contribution is -0.0379. The number of alkyl halides is 3. The fraction of sp³-hybridized carbons (Fsp3) is 0.167. The largest absolute Gasteiger partial charge is 0.490 e. The number of aromatic nitrogens is 5. The third-order valence-electron chi connectivity index (χ3n) is 4.21. The van der Waals surface area contributed by atoms with Crippen LogP contribution in [0.3, 0.4) is 0 Å². The summed E-state index contributed by atoms with van der Waals surface area (Å²) in [6.45, 7) is 1.44. The molecule has 1 unspecified atom stereocenters. The monoisotopic (exact) mass is 513 g/mol. The van der Waals surface area contributed by atoms with E-state index in [0.717, 1.165) is 0 Å². The zero-order chi connectivity index (χ0) is 24.5. The van der Waals surface area contributed by atoms with Gasteiger partial charge in [0.25, 0.3) is 0 Å². The number of hydrogen-bond acceptors (Lipinski definition) is 9. The zero-order valence-electron chi connectivity index (χ0n) is 17.1. The minimum absolute atomic E-state index is 0.0374. The minimum atomic E-state index is -4.95. The number of hydrogen-bond donors (Lipinski definition) is 2. The van der Waals surface area contributed by atoms with Gasteiger partial charge in [-0.3, -0.25) is 9.44 Å². The van der Waals surface area contributed by atoms with Gasteiger partial charge in [0, 0.05) is 18.1 Å². The summed E-state index contributed by atoms with van der Waals surface area (Å²) in [4.78, 5) is 20.7. The molecule has 2 N–H and O–H groups in total. The molecule has 4 aromatic rings. The molecular weight excluding hydrogens is 499 g/mol. The Bertz CT molecular complexity index is 1480. The van der Waals surface area contributed by atoms with Crippen molar-refractivity contribution in [2.75, 3.05) is 15.2 Å². The Labute approximate surface area is 192 Å². The highest BCUT2D eigenvalue weighted by Crippen LogP contribution is 2.31. The van der Waals surface area contributed by atoms with Gasteiger partial charge in [0.1, 0.15) is 5.52 Å². The lowest BCUT2D eigenvalue weighted by Gasteiger charge is -2.09. The number of oxazole rings is 1. The summed E-state index contributed by atoms with van der Waals surface area (Å²) in [6, 6.07) is 5.33. The molecule has 0 aliphatic rings. The molecule has 0 saturated heterocycles. The summed E-state index contributed by atoms with van der Waals surface area (Å²) in [5.41, 5.74) is -4.87. The van der Waals surface area contributed by atoms with E-state index in [0.29, 0.717) is 0 Å². The van der Waals surface area contributed by atoms with Gasteiger partial charge in [-0.25, -0.2) is 37.5 Å². The number of halogens is 3. The van der Waals surface area contributed by atoms with Crippen LogP contribution < -0.4 is 9.44 Å². The van der Waals surface area contributed by atoms with Crippen LogP contribution in [0.25, 0.3) is 34.3 Å². The van der Waals surface area contributed by atoms with E-state index >= 15 is 0 Å². The van der Waals surface area contributed by atoms with E-state index in [2.05, 4.69) is 29.6 Å². The van der Waals surface area contributed by atoms with Crippen molar-refractivity contribution < 1.29 is 30.2 Å². The second-order valence-electron chi connectivity index (χ2n) is 6.55. The third kappa shape index (κ3) is 5.12. The lowest BCUT2D eigenvalue weighted by Crippen LogP contribution is -2.22. The Morgan fingerprint density at radius 1 is 1.09 bits per heavy atom. The lowest BCUT2D eigenvalue weighted by atomic mass is 10.3. The van der Waals surface area contributed by atoms with Crippen molar-refractivity contribution in [3.05, 3.63) is 42.9 Å². The molecule has 16 heteroatoms. The Kier molecular flexibility index (Phi) is 6.18. The van der Waals surface area contributed by atoms with E-state index < -0.39 is 26.5 Å². The van der Waals surface area contributed by atoms with E-state index in [-0.39, 0.29) is 51.5 Å². The van der Waals surface area contributed by atoms with Gasteiger partial charge < -0.3 is 4.42 Å². The normalized spacial score (nSPS) is 13.1. The van der Waals surface area contributed by atoms with Crippen molar-refractivity contribution in [1.29, 1.82) is 0 Å². The average Bonchev–Trinajstić information content (AvgIpc) is 3.22. The SMILES string of the molecule is CCS(=O)(=O)Nc1cnc(-c2ncccn2)nc1-c1nc2cc(NS(=O)C(F)(F)F)ccc2o1. The summed E-state index contributed by atoms with van der Waals surface area (Å²) >= 11 is 0. The maximum absolute atomic E-state index is 12.6. The first-order valence-corrected chi connectivity index (χ1v) is 12.2. The number of anilines is 2. The van der Waals surface area contributed by atoms with Gasteiger partial charge in [0.15, 0.2) is 22.9 Å². The topological polar surface area (TPSA) is 153 Å². The Morgan fingerprint density at radius 3 is 2.50 bits per heavy atom. The molecule has 34 heavy (non-hydrogen) atoms. The van der Waals surface area contributed by atoms with E-state index in [1.807, 2.05) is 4.72 Å². The van der Waals surface area contributed by atoms with Gasteiger partial charge in [-0.15, -0.1) is 0 Å². The number of nitrogens with zero attached hydrogens (tertiary/aromatic N) is 5. The summed E-state index contributed by atoms with van der Waals surface area (Å²) in [6.07, 6.45) is 4.14. The van der Waals surface area contributed by atoms with Crippen molar-refractivity contribution in [3.8, 4) is 23.2 Å². The molecule has 11 nitrogen and oxygen atoms in total. The molecular formula is C18H14F3N7O4S2. The molecule has 1 atom stereocenters. The molecule has 0 bridgehead atoms. The first kappa shape index (κ1) is 23.5. The first-order chi connectivity index (χ1) is 16.1.